The topological polar surface area (TPSA) is 135 Å². The van der Waals surface area contributed by atoms with Crippen LogP contribution in [0.15, 0.2) is 23.1 Å². The summed E-state index contributed by atoms with van der Waals surface area (Å²) < 4.78 is 62.5. The summed E-state index contributed by atoms with van der Waals surface area (Å²) in [5, 5.41) is 10.4. The summed E-state index contributed by atoms with van der Waals surface area (Å²) in [6, 6.07) is 2.14. The van der Waals surface area contributed by atoms with Crippen molar-refractivity contribution in [3.05, 3.63) is 34.1 Å². The number of nitrogens with one attached hydrogen (secondary N) is 2. The second-order valence-electron chi connectivity index (χ2n) is 3.93. The summed E-state index contributed by atoms with van der Waals surface area (Å²) >= 11 is 0. The van der Waals surface area contributed by atoms with E-state index in [2.05, 4.69) is 4.72 Å². The first-order valence-corrected chi connectivity index (χ1v) is 8.78. The van der Waals surface area contributed by atoms with E-state index in [0.717, 1.165) is 18.4 Å². The van der Waals surface area contributed by atoms with Gasteiger partial charge in [0.15, 0.2) is 0 Å². The smallest absolute Gasteiger partial charge is 0.258 e. The van der Waals surface area contributed by atoms with Crippen molar-refractivity contribution in [3.63, 3.8) is 0 Å². The van der Waals surface area contributed by atoms with Crippen LogP contribution in [0.25, 0.3) is 0 Å². The molecule has 0 aliphatic rings. The van der Waals surface area contributed by atoms with Gasteiger partial charge in [-0.05, 0) is 6.07 Å². The van der Waals surface area contributed by atoms with Crippen LogP contribution in [0.4, 0.5) is 10.1 Å². The lowest BCUT2D eigenvalue weighted by atomic mass is 10.3. The van der Waals surface area contributed by atoms with Crippen molar-refractivity contribution in [2.45, 2.75) is 4.90 Å². The van der Waals surface area contributed by atoms with E-state index < -0.39 is 41.4 Å². The maximum absolute atomic E-state index is 13.4. The fourth-order valence-electron chi connectivity index (χ4n) is 1.31. The molecule has 0 heterocycles. The minimum Gasteiger partial charge on any atom is -0.258 e. The number of rotatable bonds is 7. The van der Waals surface area contributed by atoms with Gasteiger partial charge in [-0.25, -0.2) is 26.3 Å². The van der Waals surface area contributed by atoms with Crippen LogP contribution in [0, 0.1) is 15.9 Å². The molecule has 0 unspecified atom stereocenters. The first-order chi connectivity index (χ1) is 9.53. The van der Waals surface area contributed by atoms with Crippen molar-refractivity contribution in [2.24, 2.45) is 0 Å². The van der Waals surface area contributed by atoms with Crippen LogP contribution in [0.3, 0.4) is 0 Å². The normalized spacial score (nSPS) is 12.3. The third-order valence-corrected chi connectivity index (χ3v) is 4.39. The average molecular weight is 341 g/mol. The molecule has 0 aromatic heterocycles. The molecule has 9 nitrogen and oxygen atoms in total. The zero-order chi connectivity index (χ0) is 16.3. The Morgan fingerprint density at radius 2 is 1.76 bits per heavy atom. The summed E-state index contributed by atoms with van der Waals surface area (Å²) in [6.45, 7) is -0.443. The third-order valence-electron chi connectivity index (χ3n) is 2.21. The molecule has 0 aliphatic heterocycles. The molecule has 118 valence electrons. The summed E-state index contributed by atoms with van der Waals surface area (Å²) in [5.74, 6) is -1.28. The number of hydrogen-bond acceptors (Lipinski definition) is 6. The number of nitro benzene ring substituents is 1. The highest BCUT2D eigenvalue weighted by atomic mass is 32.2. The fourth-order valence-corrected chi connectivity index (χ4v) is 2.82. The zero-order valence-corrected chi connectivity index (χ0v) is 12.4. The van der Waals surface area contributed by atoms with Crippen molar-refractivity contribution in [1.29, 1.82) is 0 Å². The Morgan fingerprint density at radius 3 is 2.24 bits per heavy atom. The van der Waals surface area contributed by atoms with Crippen LogP contribution in [-0.2, 0) is 20.0 Å². The van der Waals surface area contributed by atoms with Crippen molar-refractivity contribution < 1.29 is 26.1 Å². The molecule has 1 aromatic carbocycles. The average Bonchev–Trinajstić information content (AvgIpc) is 2.33. The maximum Gasteiger partial charge on any atom is 0.304 e. The molecule has 0 fully saturated rings. The predicted molar refractivity (Wildman–Crippen MR) is 71.1 cm³/mol. The highest BCUT2D eigenvalue weighted by molar-refractivity contribution is 7.89. The molecule has 0 saturated carbocycles. The lowest BCUT2D eigenvalue weighted by molar-refractivity contribution is -0.387. The van der Waals surface area contributed by atoms with Gasteiger partial charge >= 0.3 is 5.69 Å². The standard InChI is InChI=1S/C9H12FN3O6S2/c1-20(16,17)11-4-5-12-21(18,19)7-2-3-9(13(14)15)8(10)6-7/h2-3,6,11-12H,4-5H2,1H3. The lowest BCUT2D eigenvalue weighted by Gasteiger charge is -2.07. The molecule has 2 N–H and O–H groups in total. The Kier molecular flexibility index (Phi) is 5.33. The molecule has 0 radical (unpaired) electrons. The van der Waals surface area contributed by atoms with Crippen LogP contribution in [0.1, 0.15) is 0 Å². The van der Waals surface area contributed by atoms with Crippen molar-refractivity contribution in [1.82, 2.24) is 9.44 Å². The Bertz CT molecular complexity index is 747. The van der Waals surface area contributed by atoms with Gasteiger partial charge in [-0.15, -0.1) is 0 Å². The monoisotopic (exact) mass is 341 g/mol. The summed E-state index contributed by atoms with van der Waals surface area (Å²) in [7, 11) is -7.54. The molecule has 0 atom stereocenters. The number of nitrogens with zero attached hydrogens (tertiary/aromatic N) is 1. The van der Waals surface area contributed by atoms with Gasteiger partial charge in [0.05, 0.1) is 16.1 Å². The van der Waals surface area contributed by atoms with E-state index in [0.29, 0.717) is 6.07 Å². The van der Waals surface area contributed by atoms with Gasteiger partial charge < -0.3 is 0 Å². The lowest BCUT2D eigenvalue weighted by Crippen LogP contribution is -2.34. The van der Waals surface area contributed by atoms with Gasteiger partial charge in [-0.2, -0.15) is 4.39 Å². The Morgan fingerprint density at radius 1 is 1.19 bits per heavy atom. The molecular weight excluding hydrogens is 329 g/mol. The van der Waals surface area contributed by atoms with Gasteiger partial charge in [0.1, 0.15) is 0 Å². The van der Waals surface area contributed by atoms with E-state index in [1.807, 2.05) is 4.72 Å². The van der Waals surface area contributed by atoms with E-state index in [1.54, 1.807) is 0 Å². The molecule has 0 amide bonds. The SMILES string of the molecule is CS(=O)(=O)NCCNS(=O)(=O)c1ccc([N+](=O)[O-])c(F)c1. The van der Waals surface area contributed by atoms with Crippen LogP contribution in [0.5, 0.6) is 0 Å². The zero-order valence-electron chi connectivity index (χ0n) is 10.7. The number of sulfonamides is 2. The number of nitro groups is 1. The van der Waals surface area contributed by atoms with E-state index in [4.69, 9.17) is 0 Å². The van der Waals surface area contributed by atoms with Crippen molar-refractivity contribution >= 4 is 25.7 Å². The molecule has 0 spiro atoms. The van der Waals surface area contributed by atoms with Gasteiger partial charge in [0, 0.05) is 25.2 Å². The van der Waals surface area contributed by atoms with Crippen LogP contribution in [0.2, 0.25) is 0 Å². The number of benzene rings is 1. The molecular formula is C9H12FN3O6S2. The highest BCUT2D eigenvalue weighted by Crippen LogP contribution is 2.20. The van der Waals surface area contributed by atoms with E-state index >= 15 is 0 Å². The minimum absolute atomic E-state index is 0.187. The molecule has 0 aliphatic carbocycles. The summed E-state index contributed by atoms with van der Waals surface area (Å²) in [5.41, 5.74) is -0.840. The molecule has 0 saturated heterocycles. The summed E-state index contributed by atoms with van der Waals surface area (Å²) in [6.07, 6.45) is 0.910. The van der Waals surface area contributed by atoms with Crippen molar-refractivity contribution in [3.8, 4) is 0 Å². The van der Waals surface area contributed by atoms with Gasteiger partial charge in [0.25, 0.3) is 0 Å². The first-order valence-electron chi connectivity index (χ1n) is 5.41. The molecule has 1 aromatic rings. The van der Waals surface area contributed by atoms with E-state index in [9.17, 15) is 31.3 Å². The Balaban J connectivity index is 2.79. The molecule has 0 bridgehead atoms. The Hall–Kier alpha value is -1.63. The fraction of sp³-hybridized carbons (Fsp3) is 0.333. The minimum atomic E-state index is -4.09. The molecule has 12 heteroatoms. The largest absolute Gasteiger partial charge is 0.304 e. The highest BCUT2D eigenvalue weighted by Gasteiger charge is 2.20. The Labute approximate surface area is 120 Å². The number of hydrogen-bond donors (Lipinski definition) is 2. The maximum atomic E-state index is 13.4. The van der Waals surface area contributed by atoms with Gasteiger partial charge in [-0.3, -0.25) is 10.1 Å². The quantitative estimate of drug-likeness (QED) is 0.392. The predicted octanol–water partition coefficient (Wildman–Crippen LogP) is -0.439. The van der Waals surface area contributed by atoms with Crippen LogP contribution in [-0.4, -0.2) is 41.1 Å². The van der Waals surface area contributed by atoms with Crippen molar-refractivity contribution in [2.75, 3.05) is 19.3 Å². The second-order valence-corrected chi connectivity index (χ2v) is 7.53. The third kappa shape index (κ3) is 5.34. The van der Waals surface area contributed by atoms with Crippen LogP contribution >= 0.6 is 0 Å². The van der Waals surface area contributed by atoms with Gasteiger partial charge in [0.2, 0.25) is 25.9 Å². The molecule has 21 heavy (non-hydrogen) atoms. The van der Waals surface area contributed by atoms with E-state index in [-0.39, 0.29) is 13.1 Å². The van der Waals surface area contributed by atoms with Gasteiger partial charge in [-0.1, -0.05) is 0 Å². The number of halogens is 1. The second kappa shape index (κ2) is 6.43. The van der Waals surface area contributed by atoms with E-state index in [1.165, 1.54) is 0 Å². The summed E-state index contributed by atoms with van der Waals surface area (Å²) in [4.78, 5) is 8.95. The van der Waals surface area contributed by atoms with Crippen LogP contribution < -0.4 is 9.44 Å². The first kappa shape index (κ1) is 17.4. The molecule has 1 rings (SSSR count).